The van der Waals surface area contributed by atoms with Crippen molar-refractivity contribution in [2.45, 2.75) is 11.8 Å². The first-order chi connectivity index (χ1) is 6.04. The van der Waals surface area contributed by atoms with E-state index in [0.717, 1.165) is 4.47 Å². The zero-order valence-corrected chi connectivity index (χ0v) is 10.1. The lowest BCUT2D eigenvalue weighted by Crippen LogP contribution is -2.02. The van der Waals surface area contributed by atoms with E-state index in [1.807, 2.05) is 0 Å². The molecule has 4 heteroatoms. The van der Waals surface area contributed by atoms with Crippen molar-refractivity contribution in [3.05, 3.63) is 28.2 Å². The SMILES string of the molecule is CC(=O)C(Br)c1c(O)cccc1Br. The summed E-state index contributed by atoms with van der Waals surface area (Å²) in [5.41, 5.74) is 0.579. The highest BCUT2D eigenvalue weighted by Gasteiger charge is 2.18. The van der Waals surface area contributed by atoms with Crippen LogP contribution in [-0.2, 0) is 4.79 Å². The number of Topliss-reactive ketones (excluding diaryl/α,β-unsaturated/α-hetero) is 1. The second kappa shape index (κ2) is 4.24. The van der Waals surface area contributed by atoms with Gasteiger partial charge in [0.25, 0.3) is 0 Å². The topological polar surface area (TPSA) is 37.3 Å². The quantitative estimate of drug-likeness (QED) is 0.852. The molecule has 0 aliphatic heterocycles. The van der Waals surface area contributed by atoms with Crippen molar-refractivity contribution in [3.63, 3.8) is 0 Å². The predicted octanol–water partition coefficient (Wildman–Crippen LogP) is 3.18. The number of hydrogen-bond donors (Lipinski definition) is 1. The Balaban J connectivity index is 3.20. The van der Waals surface area contributed by atoms with Crippen LogP contribution in [0.4, 0.5) is 0 Å². The van der Waals surface area contributed by atoms with Gasteiger partial charge in [0, 0.05) is 10.0 Å². The third-order valence-corrected chi connectivity index (χ3v) is 3.43. The maximum absolute atomic E-state index is 11.1. The summed E-state index contributed by atoms with van der Waals surface area (Å²) in [7, 11) is 0. The van der Waals surface area contributed by atoms with Crippen molar-refractivity contribution < 1.29 is 9.90 Å². The van der Waals surface area contributed by atoms with Gasteiger partial charge in [0.2, 0.25) is 0 Å². The van der Waals surface area contributed by atoms with Crippen LogP contribution in [-0.4, -0.2) is 10.9 Å². The number of aromatic hydroxyl groups is 1. The summed E-state index contributed by atoms with van der Waals surface area (Å²) in [6.45, 7) is 1.47. The molecule has 0 saturated heterocycles. The molecule has 0 aliphatic rings. The first kappa shape index (κ1) is 10.7. The number of alkyl halides is 1. The minimum absolute atomic E-state index is 0.0396. The molecule has 1 atom stereocenters. The zero-order chi connectivity index (χ0) is 10.0. The highest BCUT2D eigenvalue weighted by atomic mass is 79.9. The number of carbonyl (C=O) groups is 1. The minimum Gasteiger partial charge on any atom is -0.508 e. The molecular formula is C9H8Br2O2. The molecule has 2 nitrogen and oxygen atoms in total. The average molecular weight is 308 g/mol. The fourth-order valence-electron chi connectivity index (χ4n) is 0.980. The van der Waals surface area contributed by atoms with E-state index >= 15 is 0 Å². The van der Waals surface area contributed by atoms with E-state index in [9.17, 15) is 9.90 Å². The van der Waals surface area contributed by atoms with Crippen molar-refractivity contribution in [2.24, 2.45) is 0 Å². The van der Waals surface area contributed by atoms with E-state index in [4.69, 9.17) is 0 Å². The number of carbonyl (C=O) groups excluding carboxylic acids is 1. The van der Waals surface area contributed by atoms with E-state index in [0.29, 0.717) is 5.56 Å². The van der Waals surface area contributed by atoms with Crippen molar-refractivity contribution in [1.82, 2.24) is 0 Å². The lowest BCUT2D eigenvalue weighted by molar-refractivity contribution is -0.116. The molecule has 1 unspecified atom stereocenters. The van der Waals surface area contributed by atoms with E-state index in [2.05, 4.69) is 31.9 Å². The maximum atomic E-state index is 11.1. The highest BCUT2D eigenvalue weighted by Crippen LogP contribution is 2.36. The van der Waals surface area contributed by atoms with Crippen LogP contribution in [0.25, 0.3) is 0 Å². The molecule has 0 radical (unpaired) electrons. The van der Waals surface area contributed by atoms with Crippen molar-refractivity contribution in [1.29, 1.82) is 0 Å². The largest absolute Gasteiger partial charge is 0.508 e. The number of halogens is 2. The van der Waals surface area contributed by atoms with Gasteiger partial charge in [0.05, 0.1) is 0 Å². The fraction of sp³-hybridized carbons (Fsp3) is 0.222. The standard InChI is InChI=1S/C9H8Br2O2/c1-5(12)9(11)8-6(10)3-2-4-7(8)13/h2-4,9,13H,1H3. The Labute approximate surface area is 93.2 Å². The average Bonchev–Trinajstić information content (AvgIpc) is 2.03. The Morgan fingerprint density at radius 2 is 2.15 bits per heavy atom. The molecular weight excluding hydrogens is 300 g/mol. The van der Waals surface area contributed by atoms with Crippen LogP contribution in [0.3, 0.4) is 0 Å². The van der Waals surface area contributed by atoms with Crippen LogP contribution in [0.15, 0.2) is 22.7 Å². The van der Waals surface area contributed by atoms with Gasteiger partial charge >= 0.3 is 0 Å². The Hall–Kier alpha value is -0.350. The molecule has 0 amide bonds. The van der Waals surface area contributed by atoms with Crippen LogP contribution in [0, 0.1) is 0 Å². The van der Waals surface area contributed by atoms with E-state index in [-0.39, 0.29) is 11.5 Å². The summed E-state index contributed by atoms with van der Waals surface area (Å²) in [4.78, 5) is 10.6. The van der Waals surface area contributed by atoms with Gasteiger partial charge in [0.1, 0.15) is 16.4 Å². The summed E-state index contributed by atoms with van der Waals surface area (Å²) >= 11 is 6.49. The number of phenols is 1. The van der Waals surface area contributed by atoms with E-state index in [1.165, 1.54) is 6.92 Å². The first-order valence-electron chi connectivity index (χ1n) is 3.66. The molecule has 1 N–H and O–H groups in total. The summed E-state index contributed by atoms with van der Waals surface area (Å²) in [6.07, 6.45) is 0. The summed E-state index contributed by atoms with van der Waals surface area (Å²) in [6, 6.07) is 5.05. The minimum atomic E-state index is -0.455. The van der Waals surface area contributed by atoms with Gasteiger partial charge in [-0.3, -0.25) is 4.79 Å². The van der Waals surface area contributed by atoms with Gasteiger partial charge in [-0.15, -0.1) is 0 Å². The summed E-state index contributed by atoms with van der Waals surface area (Å²) < 4.78 is 0.726. The van der Waals surface area contributed by atoms with Gasteiger partial charge in [-0.25, -0.2) is 0 Å². The van der Waals surface area contributed by atoms with Gasteiger partial charge in [-0.1, -0.05) is 37.9 Å². The molecule has 1 rings (SSSR count). The van der Waals surface area contributed by atoms with Crippen LogP contribution < -0.4 is 0 Å². The van der Waals surface area contributed by atoms with Crippen molar-refractivity contribution >= 4 is 37.6 Å². The van der Waals surface area contributed by atoms with Gasteiger partial charge < -0.3 is 5.11 Å². The van der Waals surface area contributed by atoms with Gasteiger partial charge in [-0.2, -0.15) is 0 Å². The van der Waals surface area contributed by atoms with Crippen LogP contribution in [0.1, 0.15) is 17.3 Å². The lowest BCUT2D eigenvalue weighted by Gasteiger charge is -2.10. The maximum Gasteiger partial charge on any atom is 0.148 e. The molecule has 0 heterocycles. The number of rotatable bonds is 2. The normalized spacial score (nSPS) is 12.5. The highest BCUT2D eigenvalue weighted by molar-refractivity contribution is 9.11. The van der Waals surface area contributed by atoms with Crippen molar-refractivity contribution in [2.75, 3.05) is 0 Å². The Bertz CT molecular complexity index is 316. The van der Waals surface area contributed by atoms with Gasteiger partial charge in [-0.05, 0) is 19.1 Å². The third kappa shape index (κ3) is 2.31. The molecule has 1 aromatic carbocycles. The Kier molecular flexibility index (Phi) is 3.50. The predicted molar refractivity (Wildman–Crippen MR) is 58.2 cm³/mol. The van der Waals surface area contributed by atoms with Gasteiger partial charge in [0.15, 0.2) is 0 Å². The molecule has 1 aromatic rings. The smallest absolute Gasteiger partial charge is 0.148 e. The molecule has 0 fully saturated rings. The molecule has 0 saturated carbocycles. The lowest BCUT2D eigenvalue weighted by atomic mass is 10.1. The first-order valence-corrected chi connectivity index (χ1v) is 5.36. The molecule has 0 aromatic heterocycles. The third-order valence-electron chi connectivity index (χ3n) is 1.64. The summed E-state index contributed by atoms with van der Waals surface area (Å²) in [5.74, 6) is 0.0775. The van der Waals surface area contributed by atoms with Crippen LogP contribution >= 0.6 is 31.9 Å². The van der Waals surface area contributed by atoms with Crippen LogP contribution in [0.5, 0.6) is 5.75 Å². The van der Waals surface area contributed by atoms with E-state index in [1.54, 1.807) is 18.2 Å². The molecule has 70 valence electrons. The second-order valence-corrected chi connectivity index (χ2v) is 4.42. The molecule has 0 aliphatic carbocycles. The summed E-state index contributed by atoms with van der Waals surface area (Å²) in [5, 5.41) is 9.50. The Morgan fingerprint density at radius 3 is 2.62 bits per heavy atom. The fourth-order valence-corrected chi connectivity index (χ4v) is 2.35. The molecule has 0 bridgehead atoms. The monoisotopic (exact) mass is 306 g/mol. The molecule has 13 heavy (non-hydrogen) atoms. The number of phenolic OH excluding ortho intramolecular Hbond substituents is 1. The Morgan fingerprint density at radius 1 is 1.54 bits per heavy atom. The van der Waals surface area contributed by atoms with Crippen molar-refractivity contribution in [3.8, 4) is 5.75 Å². The number of hydrogen-bond acceptors (Lipinski definition) is 2. The van der Waals surface area contributed by atoms with Crippen LogP contribution in [0.2, 0.25) is 0 Å². The molecule has 0 spiro atoms. The number of benzene rings is 1. The number of ketones is 1. The second-order valence-electron chi connectivity index (χ2n) is 2.65. The van der Waals surface area contributed by atoms with E-state index < -0.39 is 4.83 Å². The zero-order valence-electron chi connectivity index (χ0n) is 6.92.